The van der Waals surface area contributed by atoms with Crippen molar-refractivity contribution in [3.63, 3.8) is 0 Å². The van der Waals surface area contributed by atoms with Crippen LogP contribution in [0.2, 0.25) is 0 Å². The third-order valence-corrected chi connectivity index (χ3v) is 4.15. The monoisotopic (exact) mass is 307 g/mol. The third kappa shape index (κ3) is 4.29. The molecule has 0 saturated carbocycles. The van der Waals surface area contributed by atoms with E-state index in [1.54, 1.807) is 11.8 Å². The lowest BCUT2D eigenvalue weighted by Gasteiger charge is -2.19. The molecule has 0 heterocycles. The molecule has 2 rings (SSSR count). The maximum Gasteiger partial charge on any atom is 0.129 e. The molecule has 21 heavy (non-hydrogen) atoms. The quantitative estimate of drug-likeness (QED) is 0.784. The lowest BCUT2D eigenvalue weighted by atomic mass is 9.98. The van der Waals surface area contributed by atoms with Crippen LogP contribution in [-0.2, 0) is 6.42 Å². The molecule has 0 spiro atoms. The fourth-order valence-corrected chi connectivity index (χ4v) is 2.71. The molecule has 0 aliphatic rings. The Morgan fingerprint density at radius 3 is 2.38 bits per heavy atom. The highest BCUT2D eigenvalue weighted by Crippen LogP contribution is 2.23. The molecule has 0 aliphatic heterocycles. The lowest BCUT2D eigenvalue weighted by Crippen LogP contribution is -2.23. The van der Waals surface area contributed by atoms with Crippen molar-refractivity contribution in [1.29, 1.82) is 0 Å². The highest BCUT2D eigenvalue weighted by Gasteiger charge is 2.14. The Kier molecular flexibility index (Phi) is 5.76. The number of benzene rings is 2. The number of hydrogen-bond acceptors (Lipinski definition) is 2. The molecule has 0 saturated heterocycles. The van der Waals surface area contributed by atoms with Crippen LogP contribution in [0.3, 0.4) is 0 Å². The predicted molar refractivity (Wildman–Crippen MR) is 84.7 cm³/mol. The summed E-state index contributed by atoms with van der Waals surface area (Å²) in [6.07, 6.45) is 2.53. The van der Waals surface area contributed by atoms with Crippen LogP contribution in [-0.4, -0.2) is 12.8 Å². The summed E-state index contributed by atoms with van der Waals surface area (Å²) >= 11 is 1.69. The summed E-state index contributed by atoms with van der Waals surface area (Å²) in [5.41, 5.74) is 1.63. The molecule has 1 atom stereocenters. The molecule has 0 aliphatic carbocycles. The van der Waals surface area contributed by atoms with Gasteiger partial charge in [0.05, 0.1) is 0 Å². The van der Waals surface area contributed by atoms with E-state index in [2.05, 4.69) is 29.6 Å². The summed E-state index contributed by atoms with van der Waals surface area (Å²) in [4.78, 5) is 1.20. The fraction of sp³-hybridized carbons (Fsp3) is 0.294. The Bertz CT molecular complexity index is 584. The van der Waals surface area contributed by atoms with Gasteiger partial charge in [0.15, 0.2) is 0 Å². The van der Waals surface area contributed by atoms with Crippen LogP contribution in [0.1, 0.15) is 24.1 Å². The zero-order valence-electron chi connectivity index (χ0n) is 12.2. The van der Waals surface area contributed by atoms with Crippen molar-refractivity contribution in [2.24, 2.45) is 0 Å². The summed E-state index contributed by atoms with van der Waals surface area (Å²) < 4.78 is 26.8. The molecule has 2 aromatic rings. The van der Waals surface area contributed by atoms with E-state index < -0.39 is 11.6 Å². The predicted octanol–water partition coefficient (Wildman–Crippen LogP) is 4.58. The number of thioether (sulfide) groups is 1. The van der Waals surface area contributed by atoms with Gasteiger partial charge in [-0.05, 0) is 48.5 Å². The molecule has 1 nitrogen and oxygen atoms in total. The Balaban J connectivity index is 2.21. The molecule has 112 valence electrons. The SMILES string of the molecule is CCNC(Cc1ccc(F)cc1F)c1ccc(SC)cc1. The van der Waals surface area contributed by atoms with Gasteiger partial charge in [0, 0.05) is 17.0 Å². The van der Waals surface area contributed by atoms with Crippen molar-refractivity contribution in [1.82, 2.24) is 5.32 Å². The van der Waals surface area contributed by atoms with Gasteiger partial charge in [-0.3, -0.25) is 0 Å². The van der Waals surface area contributed by atoms with Crippen LogP contribution in [0.5, 0.6) is 0 Å². The first-order valence-electron chi connectivity index (χ1n) is 6.95. The van der Waals surface area contributed by atoms with Crippen LogP contribution in [0, 0.1) is 11.6 Å². The molecular formula is C17H19F2NS. The van der Waals surface area contributed by atoms with Crippen LogP contribution in [0.25, 0.3) is 0 Å². The van der Waals surface area contributed by atoms with Gasteiger partial charge in [-0.1, -0.05) is 25.1 Å². The van der Waals surface area contributed by atoms with Crippen LogP contribution < -0.4 is 5.32 Å². The van der Waals surface area contributed by atoms with Crippen molar-refractivity contribution in [2.45, 2.75) is 24.3 Å². The Morgan fingerprint density at radius 2 is 1.81 bits per heavy atom. The zero-order valence-corrected chi connectivity index (χ0v) is 13.0. The van der Waals surface area contributed by atoms with Crippen molar-refractivity contribution >= 4 is 11.8 Å². The van der Waals surface area contributed by atoms with E-state index in [9.17, 15) is 8.78 Å². The first kappa shape index (κ1) is 16.0. The standard InChI is InChI=1S/C17H19F2NS/c1-3-20-17(12-5-8-15(21-2)9-6-12)10-13-4-7-14(18)11-16(13)19/h4-9,11,17,20H,3,10H2,1-2H3. The van der Waals surface area contributed by atoms with E-state index in [1.807, 2.05) is 13.2 Å². The third-order valence-electron chi connectivity index (χ3n) is 3.41. The molecule has 0 fully saturated rings. The number of nitrogens with one attached hydrogen (secondary N) is 1. The zero-order chi connectivity index (χ0) is 15.2. The van der Waals surface area contributed by atoms with Gasteiger partial charge in [0.2, 0.25) is 0 Å². The second-order valence-electron chi connectivity index (χ2n) is 4.82. The maximum absolute atomic E-state index is 13.8. The van der Waals surface area contributed by atoms with Gasteiger partial charge in [-0.15, -0.1) is 11.8 Å². The van der Waals surface area contributed by atoms with E-state index in [1.165, 1.54) is 17.0 Å². The van der Waals surface area contributed by atoms with Gasteiger partial charge >= 0.3 is 0 Å². The number of hydrogen-bond donors (Lipinski definition) is 1. The van der Waals surface area contributed by atoms with Crippen LogP contribution >= 0.6 is 11.8 Å². The summed E-state index contributed by atoms with van der Waals surface area (Å²) in [6, 6.07) is 12.0. The molecule has 0 aromatic heterocycles. The summed E-state index contributed by atoms with van der Waals surface area (Å²) in [7, 11) is 0. The molecule has 1 unspecified atom stereocenters. The van der Waals surface area contributed by atoms with E-state index in [0.717, 1.165) is 18.2 Å². The normalized spacial score (nSPS) is 12.4. The van der Waals surface area contributed by atoms with Gasteiger partial charge in [-0.25, -0.2) is 8.78 Å². The Morgan fingerprint density at radius 1 is 1.10 bits per heavy atom. The van der Waals surface area contributed by atoms with Gasteiger partial charge in [-0.2, -0.15) is 0 Å². The average Bonchev–Trinajstić information content (AvgIpc) is 2.49. The van der Waals surface area contributed by atoms with Crippen molar-refractivity contribution in [2.75, 3.05) is 12.8 Å². The van der Waals surface area contributed by atoms with Crippen molar-refractivity contribution < 1.29 is 8.78 Å². The number of likely N-dealkylation sites (N-methyl/N-ethyl adjacent to an activating group) is 1. The van der Waals surface area contributed by atoms with E-state index in [0.29, 0.717) is 12.0 Å². The van der Waals surface area contributed by atoms with Crippen molar-refractivity contribution in [3.8, 4) is 0 Å². The van der Waals surface area contributed by atoms with Gasteiger partial charge < -0.3 is 5.32 Å². The largest absolute Gasteiger partial charge is 0.310 e. The Labute approximate surface area is 128 Å². The van der Waals surface area contributed by atoms with Crippen molar-refractivity contribution in [3.05, 3.63) is 65.2 Å². The molecular weight excluding hydrogens is 288 g/mol. The van der Waals surface area contributed by atoms with E-state index >= 15 is 0 Å². The first-order chi connectivity index (χ1) is 10.1. The smallest absolute Gasteiger partial charge is 0.129 e. The molecule has 0 radical (unpaired) electrons. The average molecular weight is 307 g/mol. The molecule has 0 bridgehead atoms. The van der Waals surface area contributed by atoms with Gasteiger partial charge in [0.1, 0.15) is 11.6 Å². The van der Waals surface area contributed by atoms with Crippen LogP contribution in [0.4, 0.5) is 8.78 Å². The minimum Gasteiger partial charge on any atom is -0.310 e. The minimum absolute atomic E-state index is 0.0193. The fourth-order valence-electron chi connectivity index (χ4n) is 2.30. The lowest BCUT2D eigenvalue weighted by molar-refractivity contribution is 0.521. The molecule has 4 heteroatoms. The van der Waals surface area contributed by atoms with E-state index in [-0.39, 0.29) is 6.04 Å². The second-order valence-corrected chi connectivity index (χ2v) is 5.70. The van der Waals surface area contributed by atoms with E-state index in [4.69, 9.17) is 0 Å². The molecule has 2 aromatic carbocycles. The highest BCUT2D eigenvalue weighted by molar-refractivity contribution is 7.98. The van der Waals surface area contributed by atoms with Gasteiger partial charge in [0.25, 0.3) is 0 Å². The summed E-state index contributed by atoms with van der Waals surface area (Å²) in [5.74, 6) is -1.03. The molecule has 1 N–H and O–H groups in total. The molecule has 0 amide bonds. The first-order valence-corrected chi connectivity index (χ1v) is 8.17. The highest BCUT2D eigenvalue weighted by atomic mass is 32.2. The topological polar surface area (TPSA) is 12.0 Å². The number of rotatable bonds is 6. The van der Waals surface area contributed by atoms with Crippen LogP contribution in [0.15, 0.2) is 47.4 Å². The Hall–Kier alpha value is -1.39. The summed E-state index contributed by atoms with van der Waals surface area (Å²) in [5, 5.41) is 3.36. The number of halogens is 2. The minimum atomic E-state index is -0.541. The summed E-state index contributed by atoms with van der Waals surface area (Å²) in [6.45, 7) is 2.81. The second kappa shape index (κ2) is 7.57. The maximum atomic E-state index is 13.8.